The number of rotatable bonds is 2. The zero-order valence-electron chi connectivity index (χ0n) is 11.3. The van der Waals surface area contributed by atoms with Crippen LogP contribution in [0, 0.1) is 0 Å². The minimum atomic E-state index is -0.436. The molecule has 2 rings (SSSR count). The van der Waals surface area contributed by atoms with Gasteiger partial charge in [0.05, 0.1) is 12.6 Å². The fourth-order valence-corrected chi connectivity index (χ4v) is 2.36. The number of amides is 1. The monoisotopic (exact) mass is 263 g/mol. The first-order chi connectivity index (χ1) is 9.16. The van der Waals surface area contributed by atoms with Crippen LogP contribution in [0.2, 0.25) is 0 Å². The molecule has 0 radical (unpaired) electrons. The van der Waals surface area contributed by atoms with E-state index >= 15 is 0 Å². The molecule has 0 aromatic heterocycles. The Morgan fingerprint density at radius 1 is 1.37 bits per heavy atom. The molecular weight excluding hydrogens is 242 g/mol. The molecule has 1 amide bonds. The van der Waals surface area contributed by atoms with Crippen LogP contribution in [0.1, 0.15) is 31.7 Å². The van der Waals surface area contributed by atoms with Crippen molar-refractivity contribution in [1.29, 1.82) is 0 Å². The molecule has 2 unspecified atom stereocenters. The van der Waals surface area contributed by atoms with Crippen LogP contribution in [-0.4, -0.2) is 34.8 Å². The molecule has 1 heterocycles. The average molecular weight is 263 g/mol. The van der Waals surface area contributed by atoms with E-state index in [4.69, 9.17) is 4.74 Å². The first-order valence-corrected chi connectivity index (χ1v) is 6.82. The van der Waals surface area contributed by atoms with Crippen molar-refractivity contribution < 1.29 is 14.6 Å². The molecule has 0 aliphatic carbocycles. The fourth-order valence-electron chi connectivity index (χ4n) is 2.36. The summed E-state index contributed by atoms with van der Waals surface area (Å²) in [4.78, 5) is 13.7. The summed E-state index contributed by atoms with van der Waals surface area (Å²) in [6, 6.07) is 9.74. The summed E-state index contributed by atoms with van der Waals surface area (Å²) in [5.74, 6) is 0. The molecular formula is C15H21NO3. The maximum absolute atomic E-state index is 12.1. The zero-order valence-corrected chi connectivity index (χ0v) is 11.3. The summed E-state index contributed by atoms with van der Waals surface area (Å²) in [5, 5.41) is 9.76. The highest BCUT2D eigenvalue weighted by molar-refractivity contribution is 5.68. The van der Waals surface area contributed by atoms with Crippen molar-refractivity contribution in [3.05, 3.63) is 35.9 Å². The highest BCUT2D eigenvalue weighted by atomic mass is 16.6. The van der Waals surface area contributed by atoms with Gasteiger partial charge in [0.2, 0.25) is 0 Å². The van der Waals surface area contributed by atoms with E-state index < -0.39 is 6.10 Å². The lowest BCUT2D eigenvalue weighted by Gasteiger charge is -2.27. The first-order valence-electron chi connectivity index (χ1n) is 6.82. The highest BCUT2D eigenvalue weighted by Crippen LogP contribution is 2.18. The van der Waals surface area contributed by atoms with E-state index in [1.165, 1.54) is 0 Å². The van der Waals surface area contributed by atoms with Crippen LogP contribution in [0.15, 0.2) is 30.3 Å². The third-order valence-electron chi connectivity index (χ3n) is 3.54. The molecule has 1 aromatic carbocycles. The summed E-state index contributed by atoms with van der Waals surface area (Å²) in [6.45, 7) is 2.65. The van der Waals surface area contributed by atoms with E-state index in [-0.39, 0.29) is 18.7 Å². The third kappa shape index (κ3) is 3.96. The molecule has 19 heavy (non-hydrogen) atoms. The van der Waals surface area contributed by atoms with Gasteiger partial charge in [-0.1, -0.05) is 30.3 Å². The molecule has 4 nitrogen and oxygen atoms in total. The van der Waals surface area contributed by atoms with Gasteiger partial charge in [-0.25, -0.2) is 4.79 Å². The van der Waals surface area contributed by atoms with Gasteiger partial charge >= 0.3 is 6.09 Å². The van der Waals surface area contributed by atoms with E-state index in [2.05, 4.69) is 0 Å². The van der Waals surface area contributed by atoms with Crippen molar-refractivity contribution >= 4 is 6.09 Å². The van der Waals surface area contributed by atoms with Crippen LogP contribution in [0.5, 0.6) is 0 Å². The van der Waals surface area contributed by atoms with Gasteiger partial charge in [0.1, 0.15) is 6.61 Å². The van der Waals surface area contributed by atoms with Gasteiger partial charge in [0, 0.05) is 6.04 Å². The van der Waals surface area contributed by atoms with E-state index in [0.29, 0.717) is 6.54 Å². The number of carbonyl (C=O) groups excluding carboxylic acids is 1. The van der Waals surface area contributed by atoms with Crippen molar-refractivity contribution in [2.45, 2.75) is 44.9 Å². The van der Waals surface area contributed by atoms with Crippen molar-refractivity contribution in [3.63, 3.8) is 0 Å². The maximum atomic E-state index is 12.1. The molecule has 2 atom stereocenters. The zero-order chi connectivity index (χ0) is 13.7. The second-order valence-corrected chi connectivity index (χ2v) is 5.13. The Morgan fingerprint density at radius 3 is 2.84 bits per heavy atom. The van der Waals surface area contributed by atoms with Gasteiger partial charge in [0.25, 0.3) is 0 Å². The quantitative estimate of drug-likeness (QED) is 0.892. The summed E-state index contributed by atoms with van der Waals surface area (Å²) in [5.41, 5.74) is 0.971. The number of β-amino-alcohol motifs (C(OH)–C–C–N with tert-alkyl or cyclic N) is 1. The molecule has 0 spiro atoms. The molecule has 1 aromatic rings. The summed E-state index contributed by atoms with van der Waals surface area (Å²) in [7, 11) is 0. The number of aliphatic hydroxyl groups is 1. The Bertz CT molecular complexity index is 407. The lowest BCUT2D eigenvalue weighted by Crippen LogP contribution is -2.41. The van der Waals surface area contributed by atoms with Gasteiger partial charge in [-0.15, -0.1) is 0 Å². The molecule has 0 bridgehead atoms. The van der Waals surface area contributed by atoms with Crippen molar-refractivity contribution in [2.75, 3.05) is 6.54 Å². The highest BCUT2D eigenvalue weighted by Gasteiger charge is 2.26. The minimum Gasteiger partial charge on any atom is -0.445 e. The molecule has 1 fully saturated rings. The summed E-state index contributed by atoms with van der Waals surface area (Å²) in [6.07, 6.45) is 1.85. The number of benzene rings is 1. The normalized spacial score (nSPS) is 23.8. The van der Waals surface area contributed by atoms with Crippen LogP contribution in [-0.2, 0) is 11.3 Å². The van der Waals surface area contributed by atoms with Gasteiger partial charge in [-0.2, -0.15) is 0 Å². The predicted molar refractivity (Wildman–Crippen MR) is 72.7 cm³/mol. The Kier molecular flexibility index (Phi) is 4.80. The standard InChI is InChI=1S/C15H21NO3/c1-12-6-5-9-14(17)10-16(12)15(18)19-11-13-7-3-2-4-8-13/h2-4,7-8,12,14,17H,5-6,9-11H2,1H3. The minimum absolute atomic E-state index is 0.125. The van der Waals surface area contributed by atoms with Crippen molar-refractivity contribution in [2.24, 2.45) is 0 Å². The molecule has 104 valence electrons. The molecule has 1 aliphatic heterocycles. The average Bonchev–Trinajstić information content (AvgIpc) is 2.59. The van der Waals surface area contributed by atoms with Crippen LogP contribution < -0.4 is 0 Å². The van der Waals surface area contributed by atoms with Crippen LogP contribution in [0.4, 0.5) is 4.79 Å². The number of nitrogens with zero attached hydrogens (tertiary/aromatic N) is 1. The van der Waals surface area contributed by atoms with Gasteiger partial charge in [-0.05, 0) is 31.7 Å². The van der Waals surface area contributed by atoms with Gasteiger partial charge < -0.3 is 14.7 Å². The van der Waals surface area contributed by atoms with Crippen LogP contribution in [0.3, 0.4) is 0 Å². The molecule has 1 aliphatic rings. The smallest absolute Gasteiger partial charge is 0.410 e. The first kappa shape index (κ1) is 13.9. The number of ether oxygens (including phenoxy) is 1. The van der Waals surface area contributed by atoms with E-state index in [9.17, 15) is 9.90 Å². The largest absolute Gasteiger partial charge is 0.445 e. The van der Waals surface area contributed by atoms with E-state index in [1.807, 2.05) is 37.3 Å². The summed E-state index contributed by atoms with van der Waals surface area (Å²) >= 11 is 0. The molecule has 1 saturated heterocycles. The SMILES string of the molecule is CC1CCCC(O)CN1C(=O)OCc1ccccc1. The van der Waals surface area contributed by atoms with Crippen LogP contribution in [0.25, 0.3) is 0 Å². The maximum Gasteiger partial charge on any atom is 0.410 e. The lowest BCUT2D eigenvalue weighted by molar-refractivity contribution is 0.0615. The second-order valence-electron chi connectivity index (χ2n) is 5.13. The number of hydrogen-bond acceptors (Lipinski definition) is 3. The Hall–Kier alpha value is -1.55. The number of hydrogen-bond donors (Lipinski definition) is 1. The second kappa shape index (κ2) is 6.57. The van der Waals surface area contributed by atoms with Gasteiger partial charge in [0.15, 0.2) is 0 Å². The topological polar surface area (TPSA) is 49.8 Å². The lowest BCUT2D eigenvalue weighted by atomic mass is 10.1. The Balaban J connectivity index is 1.91. The predicted octanol–water partition coefficient (Wildman–Crippen LogP) is 2.56. The third-order valence-corrected chi connectivity index (χ3v) is 3.54. The molecule has 4 heteroatoms. The number of aliphatic hydroxyl groups excluding tert-OH is 1. The van der Waals surface area contributed by atoms with Crippen LogP contribution >= 0.6 is 0 Å². The van der Waals surface area contributed by atoms with Crippen molar-refractivity contribution in [3.8, 4) is 0 Å². The number of likely N-dealkylation sites (tertiary alicyclic amines) is 1. The number of carbonyl (C=O) groups is 1. The Labute approximate surface area is 114 Å². The molecule has 1 N–H and O–H groups in total. The van der Waals surface area contributed by atoms with Crippen molar-refractivity contribution in [1.82, 2.24) is 4.90 Å². The molecule has 0 saturated carbocycles. The van der Waals surface area contributed by atoms with E-state index in [1.54, 1.807) is 4.90 Å². The summed E-state index contributed by atoms with van der Waals surface area (Å²) < 4.78 is 5.32. The van der Waals surface area contributed by atoms with E-state index in [0.717, 1.165) is 24.8 Å². The fraction of sp³-hybridized carbons (Fsp3) is 0.533. The van der Waals surface area contributed by atoms with Gasteiger partial charge in [-0.3, -0.25) is 0 Å². The Morgan fingerprint density at radius 2 is 2.11 bits per heavy atom.